The number of benzene rings is 8. The molecule has 11 rings (SSSR count). The molecule has 1 aromatic heterocycles. The first-order valence-electron chi connectivity index (χ1n) is 21.5. The van der Waals surface area contributed by atoms with Crippen molar-refractivity contribution in [2.45, 2.75) is 25.2 Å². The van der Waals surface area contributed by atoms with Crippen LogP contribution in [0.25, 0.3) is 60.3 Å². The lowest BCUT2D eigenvalue weighted by molar-refractivity contribution is 0.629. The van der Waals surface area contributed by atoms with Gasteiger partial charge in [-0.05, 0) is 104 Å². The highest BCUT2D eigenvalue weighted by Gasteiger charge is 2.29. The summed E-state index contributed by atoms with van der Waals surface area (Å²) < 4.78 is 1.38. The number of allylic oxidation sites excluding steroid dienone is 4. The van der Waals surface area contributed by atoms with E-state index in [1.807, 2.05) is 11.3 Å². The van der Waals surface area contributed by atoms with Gasteiger partial charge >= 0.3 is 0 Å². The lowest BCUT2D eigenvalue weighted by Crippen LogP contribution is -2.17. The maximum atomic E-state index is 2.43. The molecule has 2 aliphatic carbocycles. The number of fused-ring (bicyclic) bond motifs is 4. The summed E-state index contributed by atoms with van der Waals surface area (Å²) in [5, 5.41) is 3.98. The zero-order chi connectivity index (χ0) is 40.7. The van der Waals surface area contributed by atoms with Gasteiger partial charge < -0.3 is 4.90 Å². The normalized spacial score (nSPS) is 17.0. The number of anilines is 2. The summed E-state index contributed by atoms with van der Waals surface area (Å²) in [7, 11) is 0. The fraction of sp³-hybridized carbons (Fsp3) is 0.0847. The lowest BCUT2D eigenvalue weighted by Gasteiger charge is -2.29. The quantitative estimate of drug-likeness (QED) is 0.148. The van der Waals surface area contributed by atoms with E-state index in [9.17, 15) is 0 Å². The third-order valence-corrected chi connectivity index (χ3v) is 14.1. The standard InChI is InChI=1S/C59H45NS/c1-40-25-38-56-55-24-12-23-54(45-15-6-3-7-16-45)58(55)61-59(56)57(40)48-20-10-19-47(39-48)43-28-34-50(35-29-43)60(49-32-26-42(27-33-49)41-13-4-2-5-14-41)51-36-30-46(31-37-51)53-22-11-18-44-17-8-9-21-52(44)53/h2-30,32-40,46,57H,31H2,1H3. The monoisotopic (exact) mass is 799 g/mol. The summed E-state index contributed by atoms with van der Waals surface area (Å²) in [6.07, 6.45) is 12.9. The fourth-order valence-corrected chi connectivity index (χ4v) is 11.2. The first-order valence-corrected chi connectivity index (χ1v) is 22.3. The van der Waals surface area contributed by atoms with Crippen molar-refractivity contribution in [3.05, 3.63) is 246 Å². The minimum Gasteiger partial charge on any atom is -0.311 e. The Hall–Kier alpha value is -7.00. The molecule has 1 heterocycles. The molecule has 0 spiro atoms. The Kier molecular flexibility index (Phi) is 9.64. The second-order valence-corrected chi connectivity index (χ2v) is 17.5. The molecule has 3 unspecified atom stereocenters. The average Bonchev–Trinajstić information content (AvgIpc) is 3.71. The van der Waals surface area contributed by atoms with E-state index >= 15 is 0 Å². The van der Waals surface area contributed by atoms with Crippen LogP contribution in [0, 0.1) is 5.92 Å². The molecule has 0 saturated heterocycles. The molecule has 0 N–H and O–H groups in total. The number of thiophene rings is 1. The van der Waals surface area contributed by atoms with Crippen molar-refractivity contribution in [2.24, 2.45) is 5.92 Å². The van der Waals surface area contributed by atoms with Crippen molar-refractivity contribution < 1.29 is 0 Å². The second kappa shape index (κ2) is 15.9. The maximum absolute atomic E-state index is 2.43. The molecule has 0 fully saturated rings. The van der Waals surface area contributed by atoms with Crippen molar-refractivity contribution in [1.29, 1.82) is 0 Å². The Labute approximate surface area is 362 Å². The Morgan fingerprint density at radius 3 is 1.85 bits per heavy atom. The summed E-state index contributed by atoms with van der Waals surface area (Å²) in [4.78, 5) is 3.87. The van der Waals surface area contributed by atoms with Gasteiger partial charge in [-0.1, -0.05) is 201 Å². The van der Waals surface area contributed by atoms with E-state index in [0.717, 1.165) is 17.8 Å². The van der Waals surface area contributed by atoms with Gasteiger partial charge in [-0.25, -0.2) is 0 Å². The van der Waals surface area contributed by atoms with Crippen LogP contribution >= 0.6 is 11.3 Å². The number of hydrogen-bond donors (Lipinski definition) is 0. The molecule has 8 aromatic carbocycles. The number of hydrogen-bond acceptors (Lipinski definition) is 2. The lowest BCUT2D eigenvalue weighted by atomic mass is 9.79. The van der Waals surface area contributed by atoms with Gasteiger partial charge in [-0.3, -0.25) is 0 Å². The summed E-state index contributed by atoms with van der Waals surface area (Å²) in [5.41, 5.74) is 15.1. The molecule has 0 aliphatic heterocycles. The van der Waals surface area contributed by atoms with E-state index in [1.54, 1.807) is 0 Å². The Morgan fingerprint density at radius 1 is 0.508 bits per heavy atom. The molecule has 0 radical (unpaired) electrons. The van der Waals surface area contributed by atoms with Crippen LogP contribution in [0.1, 0.15) is 46.7 Å². The summed E-state index contributed by atoms with van der Waals surface area (Å²) in [6, 6.07) is 71.2. The first-order chi connectivity index (χ1) is 30.2. The topological polar surface area (TPSA) is 3.24 Å². The zero-order valence-corrected chi connectivity index (χ0v) is 35.0. The predicted octanol–water partition coefficient (Wildman–Crippen LogP) is 16.6. The van der Waals surface area contributed by atoms with Crippen LogP contribution in [-0.4, -0.2) is 0 Å². The van der Waals surface area contributed by atoms with Crippen molar-refractivity contribution >= 4 is 49.6 Å². The van der Waals surface area contributed by atoms with Gasteiger partial charge in [-0.15, -0.1) is 11.3 Å². The minimum absolute atomic E-state index is 0.289. The van der Waals surface area contributed by atoms with Crippen molar-refractivity contribution in [3.63, 3.8) is 0 Å². The molecule has 2 aliphatic rings. The van der Waals surface area contributed by atoms with E-state index in [4.69, 9.17) is 0 Å². The highest BCUT2D eigenvalue weighted by Crippen LogP contribution is 2.49. The smallest absolute Gasteiger partial charge is 0.0461 e. The molecular formula is C59H45NS. The molecule has 3 atom stereocenters. The number of rotatable bonds is 8. The van der Waals surface area contributed by atoms with Crippen molar-refractivity contribution in [3.8, 4) is 33.4 Å². The van der Waals surface area contributed by atoms with Gasteiger partial charge in [0.05, 0.1) is 0 Å². The van der Waals surface area contributed by atoms with Crippen LogP contribution < -0.4 is 4.90 Å². The molecule has 0 amide bonds. The van der Waals surface area contributed by atoms with Crippen LogP contribution in [-0.2, 0) is 0 Å². The summed E-state index contributed by atoms with van der Waals surface area (Å²) >= 11 is 1.98. The molecule has 292 valence electrons. The Balaban J connectivity index is 0.923. The highest BCUT2D eigenvalue weighted by atomic mass is 32.1. The molecule has 0 saturated carbocycles. The molecule has 0 bridgehead atoms. The highest BCUT2D eigenvalue weighted by molar-refractivity contribution is 7.20. The first kappa shape index (κ1) is 37.0. The molecule has 9 aromatic rings. The molecular weight excluding hydrogens is 755 g/mol. The number of nitrogens with zero attached hydrogens (tertiary/aromatic N) is 1. The van der Waals surface area contributed by atoms with E-state index in [-0.39, 0.29) is 5.92 Å². The SMILES string of the molecule is CC1C=Cc2c(sc3c(-c4ccccc4)cccc23)C1c1cccc(-c2ccc(N(C3=CCC(c4cccc5ccccc45)C=C3)c3ccc(-c4ccccc4)cc3)cc2)c1. The van der Waals surface area contributed by atoms with Gasteiger partial charge in [0.15, 0.2) is 0 Å². The minimum atomic E-state index is 0.289. The largest absolute Gasteiger partial charge is 0.311 e. The van der Waals surface area contributed by atoms with Gasteiger partial charge in [0.1, 0.15) is 0 Å². The Morgan fingerprint density at radius 2 is 1.11 bits per heavy atom. The van der Waals surface area contributed by atoms with Gasteiger partial charge in [0.25, 0.3) is 0 Å². The van der Waals surface area contributed by atoms with Crippen molar-refractivity contribution in [1.82, 2.24) is 0 Å². The fourth-order valence-electron chi connectivity index (χ4n) is 9.63. The maximum Gasteiger partial charge on any atom is 0.0461 e. The van der Waals surface area contributed by atoms with E-state index < -0.39 is 0 Å². The van der Waals surface area contributed by atoms with Crippen molar-refractivity contribution in [2.75, 3.05) is 4.90 Å². The average molecular weight is 800 g/mol. The van der Waals surface area contributed by atoms with Crippen LogP contribution in [0.2, 0.25) is 0 Å². The molecule has 2 heteroatoms. The third kappa shape index (κ3) is 6.93. The summed E-state index contributed by atoms with van der Waals surface area (Å²) in [5.74, 6) is 0.998. The van der Waals surface area contributed by atoms with Crippen LogP contribution in [0.3, 0.4) is 0 Å². The van der Waals surface area contributed by atoms with E-state index in [2.05, 4.69) is 236 Å². The third-order valence-electron chi connectivity index (χ3n) is 12.7. The van der Waals surface area contributed by atoms with Crippen LogP contribution in [0.15, 0.2) is 224 Å². The van der Waals surface area contributed by atoms with Crippen LogP contribution in [0.5, 0.6) is 0 Å². The van der Waals surface area contributed by atoms with Gasteiger partial charge in [0, 0.05) is 43.9 Å². The van der Waals surface area contributed by atoms with E-state index in [0.29, 0.717) is 11.8 Å². The molecule has 61 heavy (non-hydrogen) atoms. The molecule has 1 nitrogen and oxygen atoms in total. The zero-order valence-electron chi connectivity index (χ0n) is 34.2. The van der Waals surface area contributed by atoms with Crippen LogP contribution in [0.4, 0.5) is 11.4 Å². The summed E-state index contributed by atoms with van der Waals surface area (Å²) in [6.45, 7) is 2.37. The Bertz CT molecular complexity index is 3110. The predicted molar refractivity (Wildman–Crippen MR) is 262 cm³/mol. The van der Waals surface area contributed by atoms with Gasteiger partial charge in [0.2, 0.25) is 0 Å². The van der Waals surface area contributed by atoms with E-state index in [1.165, 1.54) is 81.5 Å². The second-order valence-electron chi connectivity index (χ2n) is 16.4. The van der Waals surface area contributed by atoms with Gasteiger partial charge in [-0.2, -0.15) is 0 Å².